The van der Waals surface area contributed by atoms with Crippen LogP contribution in [0.1, 0.15) is 25.2 Å². The summed E-state index contributed by atoms with van der Waals surface area (Å²) in [5.74, 6) is 1.09. The SMILES string of the molecule is Cc1nnc(SCC(=O)N2CCCCC2)o1. The van der Waals surface area contributed by atoms with E-state index in [2.05, 4.69) is 10.2 Å². The van der Waals surface area contributed by atoms with Gasteiger partial charge in [0, 0.05) is 20.0 Å². The number of carbonyl (C=O) groups excluding carboxylic acids is 1. The van der Waals surface area contributed by atoms with E-state index in [0.717, 1.165) is 25.9 Å². The van der Waals surface area contributed by atoms with Crippen molar-refractivity contribution in [2.24, 2.45) is 0 Å². The van der Waals surface area contributed by atoms with E-state index in [1.165, 1.54) is 18.2 Å². The molecule has 0 radical (unpaired) electrons. The molecular weight excluding hydrogens is 226 g/mol. The number of hydrogen-bond acceptors (Lipinski definition) is 5. The third-order valence-corrected chi connectivity index (χ3v) is 3.34. The van der Waals surface area contributed by atoms with E-state index >= 15 is 0 Å². The Kier molecular flexibility index (Phi) is 3.82. The van der Waals surface area contributed by atoms with Gasteiger partial charge in [-0.2, -0.15) is 0 Å². The maximum Gasteiger partial charge on any atom is 0.277 e. The molecular formula is C10H15N3O2S. The topological polar surface area (TPSA) is 59.2 Å². The molecule has 1 amide bonds. The van der Waals surface area contributed by atoms with Crippen LogP contribution in [0, 0.1) is 6.92 Å². The third-order valence-electron chi connectivity index (χ3n) is 2.54. The molecule has 1 aromatic rings. The van der Waals surface area contributed by atoms with Crippen LogP contribution in [0.2, 0.25) is 0 Å². The summed E-state index contributed by atoms with van der Waals surface area (Å²) in [6, 6.07) is 0. The Bertz CT molecular complexity index is 361. The molecule has 5 nitrogen and oxygen atoms in total. The van der Waals surface area contributed by atoms with Crippen molar-refractivity contribution in [1.82, 2.24) is 15.1 Å². The van der Waals surface area contributed by atoms with Gasteiger partial charge < -0.3 is 9.32 Å². The lowest BCUT2D eigenvalue weighted by molar-refractivity contribution is -0.129. The fraction of sp³-hybridized carbons (Fsp3) is 0.700. The number of piperidine rings is 1. The maximum absolute atomic E-state index is 11.8. The zero-order valence-corrected chi connectivity index (χ0v) is 10.1. The molecule has 2 rings (SSSR count). The summed E-state index contributed by atoms with van der Waals surface area (Å²) >= 11 is 1.31. The largest absolute Gasteiger partial charge is 0.416 e. The first-order valence-corrected chi connectivity index (χ1v) is 6.45. The van der Waals surface area contributed by atoms with Crippen molar-refractivity contribution >= 4 is 17.7 Å². The molecule has 0 aromatic carbocycles. The molecule has 1 aliphatic heterocycles. The molecule has 0 aliphatic carbocycles. The highest BCUT2D eigenvalue weighted by Gasteiger charge is 2.17. The minimum Gasteiger partial charge on any atom is -0.416 e. The molecule has 1 fully saturated rings. The number of hydrogen-bond donors (Lipinski definition) is 0. The fourth-order valence-corrected chi connectivity index (χ4v) is 2.40. The van der Waals surface area contributed by atoms with Crippen molar-refractivity contribution < 1.29 is 9.21 Å². The number of thioether (sulfide) groups is 1. The minimum atomic E-state index is 0.167. The Hall–Kier alpha value is -1.04. The summed E-state index contributed by atoms with van der Waals surface area (Å²) < 4.78 is 5.19. The summed E-state index contributed by atoms with van der Waals surface area (Å²) in [4.78, 5) is 13.7. The first kappa shape index (κ1) is 11.4. The second-order valence-corrected chi connectivity index (χ2v) is 4.74. The van der Waals surface area contributed by atoms with Crippen molar-refractivity contribution in [3.63, 3.8) is 0 Å². The predicted molar refractivity (Wildman–Crippen MR) is 60.2 cm³/mol. The van der Waals surface area contributed by atoms with Crippen LogP contribution in [-0.4, -0.2) is 39.8 Å². The summed E-state index contributed by atoms with van der Waals surface area (Å²) in [5, 5.41) is 8.03. The molecule has 1 saturated heterocycles. The second kappa shape index (κ2) is 5.34. The Morgan fingerprint density at radius 1 is 1.38 bits per heavy atom. The van der Waals surface area contributed by atoms with Crippen LogP contribution in [0.5, 0.6) is 0 Å². The summed E-state index contributed by atoms with van der Waals surface area (Å²) in [5.41, 5.74) is 0. The molecule has 0 saturated carbocycles. The number of aromatic nitrogens is 2. The quantitative estimate of drug-likeness (QED) is 0.750. The van der Waals surface area contributed by atoms with Crippen LogP contribution in [0.3, 0.4) is 0 Å². The number of rotatable bonds is 3. The molecule has 6 heteroatoms. The van der Waals surface area contributed by atoms with E-state index < -0.39 is 0 Å². The Morgan fingerprint density at radius 2 is 2.12 bits per heavy atom. The highest BCUT2D eigenvalue weighted by molar-refractivity contribution is 7.99. The van der Waals surface area contributed by atoms with Gasteiger partial charge in [-0.15, -0.1) is 10.2 Å². The first-order chi connectivity index (χ1) is 7.75. The molecule has 0 bridgehead atoms. The van der Waals surface area contributed by atoms with Crippen molar-refractivity contribution in [3.8, 4) is 0 Å². The lowest BCUT2D eigenvalue weighted by Crippen LogP contribution is -2.36. The normalized spacial score (nSPS) is 16.4. The highest BCUT2D eigenvalue weighted by atomic mass is 32.2. The van der Waals surface area contributed by atoms with Gasteiger partial charge in [-0.25, -0.2) is 0 Å². The molecule has 88 valence electrons. The average Bonchev–Trinajstić information content (AvgIpc) is 2.73. The van der Waals surface area contributed by atoms with E-state index in [-0.39, 0.29) is 5.91 Å². The van der Waals surface area contributed by atoms with Crippen molar-refractivity contribution in [2.45, 2.75) is 31.4 Å². The second-order valence-electron chi connectivity index (χ2n) is 3.82. The molecule has 2 heterocycles. The smallest absolute Gasteiger partial charge is 0.277 e. The van der Waals surface area contributed by atoms with Crippen molar-refractivity contribution in [3.05, 3.63) is 5.89 Å². The van der Waals surface area contributed by atoms with E-state index in [1.807, 2.05) is 4.90 Å². The van der Waals surface area contributed by atoms with Gasteiger partial charge in [-0.3, -0.25) is 4.79 Å². The number of carbonyl (C=O) groups is 1. The van der Waals surface area contributed by atoms with Crippen LogP contribution in [0.4, 0.5) is 0 Å². The van der Waals surface area contributed by atoms with Crippen LogP contribution in [0.15, 0.2) is 9.64 Å². The standard InChI is InChI=1S/C10H15N3O2S/c1-8-11-12-10(15-8)16-7-9(14)13-5-3-2-4-6-13/h2-7H2,1H3. The first-order valence-electron chi connectivity index (χ1n) is 5.46. The predicted octanol–water partition coefficient (Wildman–Crippen LogP) is 1.48. The van der Waals surface area contributed by atoms with E-state index in [0.29, 0.717) is 16.9 Å². The zero-order valence-electron chi connectivity index (χ0n) is 9.31. The number of amides is 1. The monoisotopic (exact) mass is 241 g/mol. The summed E-state index contributed by atoms with van der Waals surface area (Å²) in [6.45, 7) is 3.52. The zero-order chi connectivity index (χ0) is 11.4. The van der Waals surface area contributed by atoms with Crippen LogP contribution in [-0.2, 0) is 4.79 Å². The van der Waals surface area contributed by atoms with E-state index in [4.69, 9.17) is 4.42 Å². The molecule has 1 aromatic heterocycles. The van der Waals surface area contributed by atoms with Gasteiger partial charge in [0.25, 0.3) is 5.22 Å². The highest BCUT2D eigenvalue weighted by Crippen LogP contribution is 2.17. The molecule has 16 heavy (non-hydrogen) atoms. The molecule has 0 spiro atoms. The Labute approximate surface area is 98.6 Å². The van der Waals surface area contributed by atoms with Gasteiger partial charge in [0.15, 0.2) is 0 Å². The molecule has 0 N–H and O–H groups in total. The van der Waals surface area contributed by atoms with Crippen molar-refractivity contribution in [1.29, 1.82) is 0 Å². The van der Waals surface area contributed by atoms with Gasteiger partial charge >= 0.3 is 0 Å². The van der Waals surface area contributed by atoms with Gasteiger partial charge in [0.1, 0.15) is 0 Å². The van der Waals surface area contributed by atoms with Crippen molar-refractivity contribution in [2.75, 3.05) is 18.8 Å². The lowest BCUT2D eigenvalue weighted by Gasteiger charge is -2.26. The van der Waals surface area contributed by atoms with Crippen LogP contribution in [0.25, 0.3) is 0 Å². The lowest BCUT2D eigenvalue weighted by atomic mass is 10.1. The van der Waals surface area contributed by atoms with Crippen LogP contribution < -0.4 is 0 Å². The Morgan fingerprint density at radius 3 is 2.75 bits per heavy atom. The van der Waals surface area contributed by atoms with Gasteiger partial charge in [0.05, 0.1) is 5.75 Å². The molecule has 0 atom stereocenters. The molecule has 1 aliphatic rings. The minimum absolute atomic E-state index is 0.167. The van der Waals surface area contributed by atoms with Crippen LogP contribution >= 0.6 is 11.8 Å². The third kappa shape index (κ3) is 2.98. The average molecular weight is 241 g/mol. The van der Waals surface area contributed by atoms with E-state index in [9.17, 15) is 4.79 Å². The van der Waals surface area contributed by atoms with E-state index in [1.54, 1.807) is 6.92 Å². The van der Waals surface area contributed by atoms with Gasteiger partial charge in [0.2, 0.25) is 11.8 Å². The number of nitrogens with zero attached hydrogens (tertiary/aromatic N) is 3. The summed E-state index contributed by atoms with van der Waals surface area (Å²) in [6.07, 6.45) is 3.48. The van der Waals surface area contributed by atoms with Gasteiger partial charge in [-0.05, 0) is 19.3 Å². The Balaban J connectivity index is 1.78. The molecule has 0 unspecified atom stereocenters. The van der Waals surface area contributed by atoms with Gasteiger partial charge in [-0.1, -0.05) is 11.8 Å². The fourth-order valence-electron chi connectivity index (χ4n) is 1.69. The summed E-state index contributed by atoms with van der Waals surface area (Å²) in [7, 11) is 0. The maximum atomic E-state index is 11.8. The number of aryl methyl sites for hydroxylation is 1. The number of likely N-dealkylation sites (tertiary alicyclic amines) is 1.